The average molecular weight is 310 g/mol. The molecule has 1 aliphatic heterocycles. The topological polar surface area (TPSA) is 82.2 Å². The summed E-state index contributed by atoms with van der Waals surface area (Å²) >= 11 is 0. The molecule has 23 heavy (non-hydrogen) atoms. The van der Waals surface area contributed by atoms with Gasteiger partial charge in [0.25, 0.3) is 0 Å². The number of benzene rings is 2. The van der Waals surface area contributed by atoms with E-state index in [4.69, 9.17) is 0 Å². The van der Waals surface area contributed by atoms with Crippen molar-refractivity contribution in [3.8, 4) is 11.5 Å². The van der Waals surface area contributed by atoms with Crippen molar-refractivity contribution in [2.75, 3.05) is 0 Å². The predicted octanol–water partition coefficient (Wildman–Crippen LogP) is 2.15. The SMILES string of the molecule is CC(=O)CC1=CC(C)(C)N=c2c(O)c3ccccc3c(O)c2=N1. The fourth-order valence-corrected chi connectivity index (χ4v) is 2.84. The molecule has 5 heteroatoms. The van der Waals surface area contributed by atoms with Gasteiger partial charge in [-0.25, -0.2) is 4.99 Å². The van der Waals surface area contributed by atoms with Gasteiger partial charge in [-0.2, -0.15) is 0 Å². The summed E-state index contributed by atoms with van der Waals surface area (Å²) in [5.41, 5.74) is -0.110. The Morgan fingerprint density at radius 3 is 2.22 bits per heavy atom. The fourth-order valence-electron chi connectivity index (χ4n) is 2.84. The third-order valence-electron chi connectivity index (χ3n) is 3.72. The number of fused-ring (bicyclic) bond motifs is 2. The molecule has 0 aromatic heterocycles. The lowest BCUT2D eigenvalue weighted by molar-refractivity contribution is -0.116. The van der Waals surface area contributed by atoms with Crippen LogP contribution in [-0.2, 0) is 4.79 Å². The number of hydrogen-bond acceptors (Lipinski definition) is 5. The van der Waals surface area contributed by atoms with E-state index in [1.807, 2.05) is 13.8 Å². The van der Waals surface area contributed by atoms with Gasteiger partial charge in [-0.3, -0.25) is 9.79 Å². The van der Waals surface area contributed by atoms with Crippen molar-refractivity contribution in [3.05, 3.63) is 46.8 Å². The Morgan fingerprint density at radius 1 is 1.09 bits per heavy atom. The van der Waals surface area contributed by atoms with E-state index in [0.717, 1.165) is 0 Å². The number of phenolic OH excluding ortho intramolecular Hbond substituents is 2. The van der Waals surface area contributed by atoms with Crippen molar-refractivity contribution in [2.45, 2.75) is 32.7 Å². The molecule has 0 saturated heterocycles. The molecular formula is C18H18N2O3. The van der Waals surface area contributed by atoms with Crippen molar-refractivity contribution in [1.29, 1.82) is 0 Å². The Labute approximate surface area is 133 Å². The molecule has 0 radical (unpaired) electrons. The number of aromatic hydroxyl groups is 2. The highest BCUT2D eigenvalue weighted by Crippen LogP contribution is 2.27. The third kappa shape index (κ3) is 2.70. The molecule has 0 unspecified atom stereocenters. The Hall–Kier alpha value is -2.69. The van der Waals surface area contributed by atoms with Gasteiger partial charge in [0, 0.05) is 22.9 Å². The van der Waals surface area contributed by atoms with Crippen LogP contribution in [0.15, 0.2) is 46.0 Å². The molecule has 2 aromatic carbocycles. The van der Waals surface area contributed by atoms with Crippen LogP contribution in [0.2, 0.25) is 0 Å². The molecule has 3 rings (SSSR count). The molecule has 0 amide bonds. The normalized spacial score (nSPS) is 15.9. The molecule has 5 nitrogen and oxygen atoms in total. The first-order valence-corrected chi connectivity index (χ1v) is 7.41. The van der Waals surface area contributed by atoms with Gasteiger partial charge in [0.15, 0.2) is 11.5 Å². The van der Waals surface area contributed by atoms with E-state index in [1.54, 1.807) is 30.3 Å². The second-order valence-corrected chi connectivity index (χ2v) is 6.33. The van der Waals surface area contributed by atoms with E-state index in [2.05, 4.69) is 9.98 Å². The van der Waals surface area contributed by atoms with Crippen LogP contribution in [0.4, 0.5) is 0 Å². The highest BCUT2D eigenvalue weighted by Gasteiger charge is 2.21. The number of phenols is 2. The Balaban J connectivity index is 2.47. The van der Waals surface area contributed by atoms with Gasteiger partial charge < -0.3 is 10.2 Å². The molecule has 0 aliphatic carbocycles. The van der Waals surface area contributed by atoms with E-state index in [-0.39, 0.29) is 34.4 Å². The van der Waals surface area contributed by atoms with Crippen LogP contribution < -0.4 is 10.7 Å². The molecule has 1 aliphatic rings. The van der Waals surface area contributed by atoms with Crippen molar-refractivity contribution in [3.63, 3.8) is 0 Å². The first-order valence-electron chi connectivity index (χ1n) is 7.41. The summed E-state index contributed by atoms with van der Waals surface area (Å²) < 4.78 is 0. The second-order valence-electron chi connectivity index (χ2n) is 6.33. The molecule has 0 fully saturated rings. The van der Waals surface area contributed by atoms with Gasteiger partial charge in [-0.05, 0) is 26.8 Å². The summed E-state index contributed by atoms with van der Waals surface area (Å²) in [4.78, 5) is 20.4. The van der Waals surface area contributed by atoms with Gasteiger partial charge in [0.2, 0.25) is 0 Å². The minimum absolute atomic E-state index is 0.0114. The minimum atomic E-state index is -0.647. The maximum Gasteiger partial charge on any atom is 0.151 e. The Kier molecular flexibility index (Phi) is 3.43. The summed E-state index contributed by atoms with van der Waals surface area (Å²) in [6.45, 7) is 5.22. The zero-order chi connectivity index (χ0) is 16.8. The molecular weight excluding hydrogens is 292 g/mol. The van der Waals surface area contributed by atoms with E-state index in [9.17, 15) is 15.0 Å². The lowest BCUT2D eigenvalue weighted by Gasteiger charge is -2.14. The molecule has 118 valence electrons. The molecule has 2 N–H and O–H groups in total. The molecule has 0 atom stereocenters. The largest absolute Gasteiger partial charge is 0.505 e. The first-order chi connectivity index (χ1) is 10.8. The highest BCUT2D eigenvalue weighted by molar-refractivity contribution is 5.92. The van der Waals surface area contributed by atoms with Crippen molar-refractivity contribution < 1.29 is 15.0 Å². The van der Waals surface area contributed by atoms with Gasteiger partial charge in [0.05, 0.1) is 5.54 Å². The zero-order valence-electron chi connectivity index (χ0n) is 13.3. The van der Waals surface area contributed by atoms with Crippen LogP contribution >= 0.6 is 0 Å². The fraction of sp³-hybridized carbons (Fsp3) is 0.278. The average Bonchev–Trinajstić information content (AvgIpc) is 2.59. The van der Waals surface area contributed by atoms with Crippen molar-refractivity contribution in [1.82, 2.24) is 0 Å². The van der Waals surface area contributed by atoms with Crippen LogP contribution in [0.25, 0.3) is 10.8 Å². The van der Waals surface area contributed by atoms with Crippen LogP contribution in [-0.4, -0.2) is 21.5 Å². The van der Waals surface area contributed by atoms with Gasteiger partial charge in [-0.1, -0.05) is 24.3 Å². The second kappa shape index (κ2) is 5.19. The van der Waals surface area contributed by atoms with Gasteiger partial charge in [-0.15, -0.1) is 0 Å². The van der Waals surface area contributed by atoms with Crippen LogP contribution in [0.5, 0.6) is 11.5 Å². The zero-order valence-corrected chi connectivity index (χ0v) is 13.3. The molecule has 0 spiro atoms. The number of nitrogens with zero attached hydrogens (tertiary/aromatic N) is 2. The summed E-state index contributed by atoms with van der Waals surface area (Å²) in [6.07, 6.45) is 1.95. The number of carbonyl (C=O) groups excluding carboxylic acids is 1. The summed E-state index contributed by atoms with van der Waals surface area (Å²) in [7, 11) is 0. The predicted molar refractivity (Wildman–Crippen MR) is 87.0 cm³/mol. The molecule has 0 saturated carbocycles. The van der Waals surface area contributed by atoms with Crippen LogP contribution in [0.3, 0.4) is 0 Å². The van der Waals surface area contributed by atoms with Gasteiger partial charge >= 0.3 is 0 Å². The van der Waals surface area contributed by atoms with E-state index >= 15 is 0 Å². The summed E-state index contributed by atoms with van der Waals surface area (Å²) in [5, 5.41) is 22.7. The number of carbonyl (C=O) groups is 1. The van der Waals surface area contributed by atoms with Gasteiger partial charge in [0.1, 0.15) is 16.5 Å². The lowest BCUT2D eigenvalue weighted by atomic mass is 10.0. The minimum Gasteiger partial charge on any atom is -0.505 e. The maximum atomic E-state index is 11.5. The highest BCUT2D eigenvalue weighted by atomic mass is 16.3. The summed E-state index contributed by atoms with van der Waals surface area (Å²) in [6, 6.07) is 7.00. The first kappa shape index (κ1) is 15.2. The smallest absolute Gasteiger partial charge is 0.151 e. The van der Waals surface area contributed by atoms with E-state index < -0.39 is 5.54 Å². The van der Waals surface area contributed by atoms with E-state index in [0.29, 0.717) is 16.5 Å². The van der Waals surface area contributed by atoms with Crippen LogP contribution in [0, 0.1) is 0 Å². The number of ketones is 1. The number of allylic oxidation sites excluding steroid dienone is 1. The molecule has 1 heterocycles. The summed E-state index contributed by atoms with van der Waals surface area (Å²) in [5.74, 6) is -0.0734. The number of rotatable bonds is 2. The third-order valence-corrected chi connectivity index (χ3v) is 3.72. The standard InChI is InChI=1S/C18H18N2O3/c1-10(21)8-11-9-18(2,3)20-15-14(19-11)16(22)12-6-4-5-7-13(12)17(15)23/h4-7,9,22-23H,8H2,1-3H3. The van der Waals surface area contributed by atoms with E-state index in [1.165, 1.54) is 6.92 Å². The molecule has 2 aromatic rings. The Bertz CT molecular complexity index is 972. The monoisotopic (exact) mass is 310 g/mol. The van der Waals surface area contributed by atoms with Crippen LogP contribution in [0.1, 0.15) is 27.2 Å². The molecule has 0 bridgehead atoms. The lowest BCUT2D eigenvalue weighted by Crippen LogP contribution is -2.29. The van der Waals surface area contributed by atoms with Crippen molar-refractivity contribution in [2.24, 2.45) is 9.98 Å². The van der Waals surface area contributed by atoms with Crippen molar-refractivity contribution >= 4 is 16.6 Å². The quantitative estimate of drug-likeness (QED) is 0.834. The Morgan fingerprint density at radius 2 is 1.65 bits per heavy atom. The number of Topliss-reactive ketones (excluding diaryl/α,β-unsaturated/α-hetero) is 1. The maximum absolute atomic E-state index is 11.5. The number of hydrogen-bond donors (Lipinski definition) is 2.